The van der Waals surface area contributed by atoms with Crippen LogP contribution in [0, 0.1) is 0 Å². The molecule has 0 unspecified atom stereocenters. The van der Waals surface area contributed by atoms with Crippen LogP contribution in [0.3, 0.4) is 0 Å². The number of carbonyl (C=O) groups excluding carboxylic acids is 1. The molecule has 0 bridgehead atoms. The largest absolute Gasteiger partial charge is 0.416 e. The fourth-order valence-electron chi connectivity index (χ4n) is 3.28. The lowest BCUT2D eigenvalue weighted by atomic mass is 10.1. The first-order valence-corrected chi connectivity index (χ1v) is 9.26. The molecule has 1 N–H and O–H groups in total. The number of alkyl halides is 3. The standard InChI is InChI=1S/C18H23F3N6O2/c1-12-8-26(9-13(2)29-12)10-16-23-24-25-27(16)11-17(28)22-7-14-3-5-15(6-4-14)18(19,20)21/h3-6,12-13H,7-11H2,1-2H3,(H,22,28)/t12-,13+. The number of tetrazole rings is 1. The van der Waals surface area contributed by atoms with E-state index in [2.05, 4.69) is 25.7 Å². The molecule has 1 aliphatic rings. The summed E-state index contributed by atoms with van der Waals surface area (Å²) in [6.07, 6.45) is -4.17. The van der Waals surface area contributed by atoms with Gasteiger partial charge in [0.15, 0.2) is 5.82 Å². The maximum Gasteiger partial charge on any atom is 0.416 e. The molecule has 1 amide bonds. The van der Waals surface area contributed by atoms with Crippen molar-refractivity contribution in [3.63, 3.8) is 0 Å². The summed E-state index contributed by atoms with van der Waals surface area (Å²) in [5.74, 6) is 0.234. The van der Waals surface area contributed by atoms with E-state index in [0.29, 0.717) is 17.9 Å². The zero-order valence-electron chi connectivity index (χ0n) is 16.2. The molecule has 158 valence electrons. The van der Waals surface area contributed by atoms with E-state index in [1.54, 1.807) is 0 Å². The topological polar surface area (TPSA) is 85.2 Å². The van der Waals surface area contributed by atoms with Gasteiger partial charge in [-0.05, 0) is 42.0 Å². The van der Waals surface area contributed by atoms with Gasteiger partial charge in [-0.1, -0.05) is 12.1 Å². The Morgan fingerprint density at radius 2 is 1.86 bits per heavy atom. The molecule has 11 heteroatoms. The number of rotatable bonds is 6. The van der Waals surface area contributed by atoms with Crippen LogP contribution >= 0.6 is 0 Å². The van der Waals surface area contributed by atoms with Crippen molar-refractivity contribution in [1.82, 2.24) is 30.4 Å². The summed E-state index contributed by atoms with van der Waals surface area (Å²) in [5, 5.41) is 14.2. The van der Waals surface area contributed by atoms with E-state index in [4.69, 9.17) is 4.74 Å². The first-order valence-electron chi connectivity index (χ1n) is 9.26. The van der Waals surface area contributed by atoms with Gasteiger partial charge >= 0.3 is 6.18 Å². The van der Waals surface area contributed by atoms with Crippen LogP contribution in [0.25, 0.3) is 0 Å². The van der Waals surface area contributed by atoms with Gasteiger partial charge in [0.25, 0.3) is 0 Å². The number of hydrogen-bond acceptors (Lipinski definition) is 6. The Morgan fingerprint density at radius 1 is 1.21 bits per heavy atom. The van der Waals surface area contributed by atoms with E-state index >= 15 is 0 Å². The lowest BCUT2D eigenvalue weighted by Gasteiger charge is -2.34. The van der Waals surface area contributed by atoms with Crippen LogP contribution in [0.5, 0.6) is 0 Å². The van der Waals surface area contributed by atoms with Crippen LogP contribution in [-0.2, 0) is 35.3 Å². The van der Waals surface area contributed by atoms with Crippen LogP contribution in [0.4, 0.5) is 13.2 Å². The summed E-state index contributed by atoms with van der Waals surface area (Å²) in [4.78, 5) is 14.4. The summed E-state index contributed by atoms with van der Waals surface area (Å²) in [5.41, 5.74) is -0.155. The molecule has 1 aromatic heterocycles. The van der Waals surface area contributed by atoms with Crippen molar-refractivity contribution in [2.24, 2.45) is 0 Å². The zero-order valence-corrected chi connectivity index (χ0v) is 16.2. The van der Waals surface area contributed by atoms with E-state index in [1.807, 2.05) is 13.8 Å². The highest BCUT2D eigenvalue weighted by Crippen LogP contribution is 2.29. The van der Waals surface area contributed by atoms with Crippen molar-refractivity contribution < 1.29 is 22.7 Å². The Kier molecular flexibility index (Phi) is 6.48. The smallest absolute Gasteiger partial charge is 0.373 e. The molecule has 8 nitrogen and oxygen atoms in total. The van der Waals surface area contributed by atoms with E-state index in [1.165, 1.54) is 16.8 Å². The number of nitrogens with one attached hydrogen (secondary N) is 1. The highest BCUT2D eigenvalue weighted by atomic mass is 19.4. The van der Waals surface area contributed by atoms with Crippen molar-refractivity contribution in [2.45, 2.75) is 51.9 Å². The first-order chi connectivity index (χ1) is 13.7. The number of morpholine rings is 1. The van der Waals surface area contributed by atoms with Gasteiger partial charge in [-0.2, -0.15) is 13.2 Å². The molecule has 0 spiro atoms. The summed E-state index contributed by atoms with van der Waals surface area (Å²) in [6, 6.07) is 4.66. The third-order valence-corrected chi connectivity index (χ3v) is 4.53. The number of ether oxygens (including phenoxy) is 1. The third-order valence-electron chi connectivity index (χ3n) is 4.53. The molecule has 0 saturated carbocycles. The fourth-order valence-corrected chi connectivity index (χ4v) is 3.28. The Balaban J connectivity index is 1.52. The zero-order chi connectivity index (χ0) is 21.0. The minimum atomic E-state index is -4.38. The molecule has 1 fully saturated rings. The molecule has 1 aromatic carbocycles. The quantitative estimate of drug-likeness (QED) is 0.776. The van der Waals surface area contributed by atoms with E-state index in [-0.39, 0.29) is 31.2 Å². The van der Waals surface area contributed by atoms with Gasteiger partial charge in [0, 0.05) is 19.6 Å². The molecule has 1 saturated heterocycles. The number of hydrogen-bond donors (Lipinski definition) is 1. The van der Waals surface area contributed by atoms with Gasteiger partial charge in [0.05, 0.1) is 24.3 Å². The minimum absolute atomic E-state index is 0.0710. The van der Waals surface area contributed by atoms with Gasteiger partial charge in [-0.3, -0.25) is 9.69 Å². The summed E-state index contributed by atoms with van der Waals surface area (Å²) < 4.78 is 44.9. The lowest BCUT2D eigenvalue weighted by Crippen LogP contribution is -2.45. The Labute approximate surface area is 166 Å². The Hall–Kier alpha value is -2.53. The van der Waals surface area contributed by atoms with Crippen LogP contribution in [0.15, 0.2) is 24.3 Å². The van der Waals surface area contributed by atoms with Gasteiger partial charge in [-0.15, -0.1) is 5.10 Å². The van der Waals surface area contributed by atoms with Crippen molar-refractivity contribution >= 4 is 5.91 Å². The van der Waals surface area contributed by atoms with Crippen molar-refractivity contribution in [2.75, 3.05) is 13.1 Å². The monoisotopic (exact) mass is 412 g/mol. The highest BCUT2D eigenvalue weighted by molar-refractivity contribution is 5.75. The number of halogens is 3. The van der Waals surface area contributed by atoms with E-state index in [0.717, 1.165) is 25.2 Å². The van der Waals surface area contributed by atoms with Gasteiger partial charge in [0.1, 0.15) is 6.54 Å². The summed E-state index contributed by atoms with van der Waals surface area (Å²) >= 11 is 0. The molecule has 2 atom stereocenters. The molecule has 0 aliphatic carbocycles. The second-order valence-corrected chi connectivity index (χ2v) is 7.18. The lowest BCUT2D eigenvalue weighted by molar-refractivity contribution is -0.137. The number of nitrogens with zero attached hydrogens (tertiary/aromatic N) is 5. The Morgan fingerprint density at radius 3 is 2.48 bits per heavy atom. The van der Waals surface area contributed by atoms with Crippen molar-refractivity contribution in [3.8, 4) is 0 Å². The fraction of sp³-hybridized carbons (Fsp3) is 0.556. The summed E-state index contributed by atoms with van der Waals surface area (Å²) in [7, 11) is 0. The van der Waals surface area contributed by atoms with Crippen LogP contribution in [0.1, 0.15) is 30.8 Å². The maximum atomic E-state index is 12.6. The molecule has 2 aromatic rings. The normalized spacial score (nSPS) is 20.6. The number of aromatic nitrogens is 4. The number of benzene rings is 1. The predicted octanol–water partition coefficient (Wildman–Crippen LogP) is 1.62. The molecular weight excluding hydrogens is 389 g/mol. The molecule has 2 heterocycles. The van der Waals surface area contributed by atoms with Crippen LogP contribution in [0.2, 0.25) is 0 Å². The van der Waals surface area contributed by atoms with Gasteiger partial charge in [-0.25, -0.2) is 4.68 Å². The molecule has 29 heavy (non-hydrogen) atoms. The van der Waals surface area contributed by atoms with E-state index in [9.17, 15) is 18.0 Å². The van der Waals surface area contributed by atoms with Crippen molar-refractivity contribution in [1.29, 1.82) is 0 Å². The molecule has 1 aliphatic heterocycles. The van der Waals surface area contributed by atoms with Crippen molar-refractivity contribution in [3.05, 3.63) is 41.2 Å². The number of amides is 1. The average Bonchev–Trinajstić information content (AvgIpc) is 3.05. The second kappa shape index (κ2) is 8.87. The average molecular weight is 412 g/mol. The molecule has 3 rings (SSSR count). The third kappa shape index (κ3) is 5.97. The van der Waals surface area contributed by atoms with Crippen LogP contribution < -0.4 is 5.32 Å². The van der Waals surface area contributed by atoms with E-state index < -0.39 is 11.7 Å². The van der Waals surface area contributed by atoms with Gasteiger partial charge in [0.2, 0.25) is 5.91 Å². The maximum absolute atomic E-state index is 12.6. The second-order valence-electron chi connectivity index (χ2n) is 7.18. The molecule has 0 radical (unpaired) electrons. The Bertz CT molecular complexity index is 814. The van der Waals surface area contributed by atoms with Gasteiger partial charge < -0.3 is 10.1 Å². The van der Waals surface area contributed by atoms with Crippen LogP contribution in [-0.4, -0.2) is 56.3 Å². The summed E-state index contributed by atoms with van der Waals surface area (Å²) in [6.45, 7) is 6.04. The predicted molar refractivity (Wildman–Crippen MR) is 96.4 cm³/mol. The first kappa shape index (κ1) is 21.2. The number of carbonyl (C=O) groups is 1. The highest BCUT2D eigenvalue weighted by Gasteiger charge is 2.30. The SMILES string of the molecule is C[C@@H]1CN(Cc2nnnn2CC(=O)NCc2ccc(C(F)(F)F)cc2)C[C@H](C)O1. The molecular formula is C18H23F3N6O2. The minimum Gasteiger partial charge on any atom is -0.373 e.